The molecular formula is C104H120Ir4N4O6-4. The van der Waals surface area contributed by atoms with Crippen LogP contribution in [-0.2, 0) is 108 Å². The van der Waals surface area contributed by atoms with Crippen molar-refractivity contribution in [2.45, 2.75) is 186 Å². The Morgan fingerprint density at radius 1 is 0.407 bits per heavy atom. The zero-order valence-electron chi connectivity index (χ0n) is 73.5. The Hall–Kier alpha value is -8.63. The van der Waals surface area contributed by atoms with Gasteiger partial charge in [-0.2, -0.15) is 0 Å². The summed E-state index contributed by atoms with van der Waals surface area (Å²) in [6.07, 6.45) is 6.63. The van der Waals surface area contributed by atoms with Gasteiger partial charge in [-0.15, -0.1) is 140 Å². The van der Waals surface area contributed by atoms with E-state index in [0.717, 1.165) is 96.7 Å². The van der Waals surface area contributed by atoms with Gasteiger partial charge in [-0.1, -0.05) is 281 Å². The summed E-state index contributed by atoms with van der Waals surface area (Å²) < 4.78 is 0. The number of carbonyl (C=O) groups excluding carboxylic acids is 3. The van der Waals surface area contributed by atoms with Crippen molar-refractivity contribution in [3.8, 4) is 45.0 Å². The topological polar surface area (TPSA) is 163 Å². The second-order valence-corrected chi connectivity index (χ2v) is 34.3. The minimum absolute atomic E-state index is 0. The van der Waals surface area contributed by atoms with Gasteiger partial charge in [0.2, 0.25) is 0 Å². The minimum atomic E-state index is -0.417. The fraction of sp³-hybridized carbons (Fsp3) is 0.317. The van der Waals surface area contributed by atoms with E-state index in [-0.39, 0.29) is 126 Å². The van der Waals surface area contributed by atoms with Crippen LogP contribution in [0, 0.1) is 106 Å². The monoisotopic (exact) mass is 2290 g/mol. The van der Waals surface area contributed by atoms with Gasteiger partial charge < -0.3 is 20.3 Å². The number of fused-ring (bicyclic) bond motifs is 3. The molecule has 0 unspecified atom stereocenters. The third-order valence-corrected chi connectivity index (χ3v) is 18.1. The molecule has 118 heavy (non-hydrogen) atoms. The second-order valence-electron chi connectivity index (χ2n) is 34.3. The number of aliphatic hydroxyl groups excluding tert-OH is 3. The molecule has 0 atom stereocenters. The number of benzene rings is 8. The minimum Gasteiger partial charge on any atom is -0.512 e. The zero-order valence-corrected chi connectivity index (χ0v) is 83.1. The number of Topliss-reactive ketones (excluding diaryl/α,β-unsaturated/α-hetero) is 1. The Morgan fingerprint density at radius 3 is 1.26 bits per heavy atom. The molecule has 0 aliphatic heterocycles. The molecule has 12 rings (SSSR count). The van der Waals surface area contributed by atoms with Crippen molar-refractivity contribution in [3.05, 3.63) is 316 Å². The van der Waals surface area contributed by atoms with E-state index < -0.39 is 10.8 Å². The molecule has 0 spiro atoms. The van der Waals surface area contributed by atoms with Crippen LogP contribution in [0.2, 0.25) is 0 Å². The molecule has 10 nitrogen and oxygen atoms in total. The molecule has 0 bridgehead atoms. The molecule has 0 amide bonds. The van der Waals surface area contributed by atoms with Gasteiger partial charge in [0.05, 0.1) is 22.1 Å². The van der Waals surface area contributed by atoms with Crippen LogP contribution in [-0.4, -0.2) is 52.6 Å². The first kappa shape index (κ1) is 105. The zero-order chi connectivity index (χ0) is 84.6. The van der Waals surface area contributed by atoms with Crippen molar-refractivity contribution in [1.82, 2.24) is 19.9 Å². The summed E-state index contributed by atoms with van der Waals surface area (Å²) in [5, 5.41) is 32.1. The number of pyridine rings is 4. The fourth-order valence-electron chi connectivity index (χ4n) is 12.0. The summed E-state index contributed by atoms with van der Waals surface area (Å²) in [6.45, 7) is 48.9. The molecule has 4 heterocycles. The van der Waals surface area contributed by atoms with Gasteiger partial charge >= 0.3 is 0 Å². The number of aryl methyl sites for hydroxylation is 7. The van der Waals surface area contributed by atoms with E-state index in [1.165, 1.54) is 75.5 Å². The van der Waals surface area contributed by atoms with E-state index in [0.29, 0.717) is 17.4 Å². The van der Waals surface area contributed by atoms with Crippen molar-refractivity contribution in [1.29, 1.82) is 0 Å². The maximum Gasteiger partial charge on any atom is 0.164 e. The first-order valence-corrected chi connectivity index (χ1v) is 39.3. The number of para-hydroxylation sites is 2. The van der Waals surface area contributed by atoms with E-state index in [4.69, 9.17) is 15.0 Å². The van der Waals surface area contributed by atoms with Gasteiger partial charge in [-0.25, -0.2) is 0 Å². The largest absolute Gasteiger partial charge is 0.512 e. The van der Waals surface area contributed by atoms with Crippen molar-refractivity contribution >= 4 is 55.6 Å². The Morgan fingerprint density at radius 2 is 0.822 bits per heavy atom. The number of allylic oxidation sites excluding steroid dienone is 6. The molecule has 0 aliphatic rings. The maximum atomic E-state index is 11.5. The van der Waals surface area contributed by atoms with E-state index in [9.17, 15) is 29.7 Å². The van der Waals surface area contributed by atoms with E-state index in [2.05, 4.69) is 227 Å². The summed E-state index contributed by atoms with van der Waals surface area (Å²) in [4.78, 5) is 52.8. The molecule has 0 saturated carbocycles. The Labute approximate surface area is 759 Å². The van der Waals surface area contributed by atoms with Crippen LogP contribution in [0.1, 0.15) is 180 Å². The Kier molecular flexibility index (Phi) is 43.4. The second kappa shape index (κ2) is 48.6. The van der Waals surface area contributed by atoms with Gasteiger partial charge in [0.1, 0.15) is 17.3 Å². The predicted molar refractivity (Wildman–Crippen MR) is 478 cm³/mol. The molecule has 3 N–H and O–H groups in total. The van der Waals surface area contributed by atoms with E-state index >= 15 is 0 Å². The third kappa shape index (κ3) is 34.2. The molecular weight excluding hydrogens is 2170 g/mol. The summed E-state index contributed by atoms with van der Waals surface area (Å²) in [5.74, 6) is 1.43. The predicted octanol–water partition coefficient (Wildman–Crippen LogP) is 26.9. The molecule has 8 aromatic carbocycles. The SMILES string of the molecule is CC(=O)C(=C(C)O)c1ccccc1.CC(C)(C)C(=O)C=C(O)C(C)(C)C.CC(C)(C)C(=O)C=C(O)C(C)(C)C.Cc1[c-]c(-c2cc(CC(C)C)c3ccccc3n2)cc(C)c1.Cc1[c-]c(-c2ccc3c(CC(C)C)cccc3n2)cc(C)c1.Cc1[c-]c(-c2ccc3ccccc3n2)cc(C)c1.Cc1ccc[c-]c1-c1ccccn1.[Ir].[Ir].[Ir].[Ir]. The van der Waals surface area contributed by atoms with Gasteiger partial charge in [-0.05, 0) is 108 Å². The quantitative estimate of drug-likeness (QED) is 0.0609. The maximum absolute atomic E-state index is 11.5. The Balaban J connectivity index is 0.000000470. The first-order chi connectivity index (χ1) is 53.4. The molecule has 12 aromatic rings. The number of carbonyl (C=O) groups is 3. The number of nitrogens with zero attached hydrogens (tertiary/aromatic N) is 4. The van der Waals surface area contributed by atoms with Gasteiger partial charge in [0.15, 0.2) is 17.3 Å². The summed E-state index contributed by atoms with van der Waals surface area (Å²) >= 11 is 0. The summed E-state index contributed by atoms with van der Waals surface area (Å²) in [5.41, 5.74) is 22.3. The molecule has 14 heteroatoms. The molecule has 4 radical (unpaired) electrons. The smallest absolute Gasteiger partial charge is 0.164 e. The molecule has 0 aliphatic carbocycles. The molecule has 632 valence electrons. The number of aliphatic hydroxyl groups is 3. The fourth-order valence-corrected chi connectivity index (χ4v) is 12.0. The van der Waals surface area contributed by atoms with Crippen LogP contribution in [0.15, 0.2) is 236 Å². The van der Waals surface area contributed by atoms with Crippen molar-refractivity contribution in [3.63, 3.8) is 0 Å². The first-order valence-electron chi connectivity index (χ1n) is 39.3. The van der Waals surface area contributed by atoms with Crippen LogP contribution in [0.3, 0.4) is 0 Å². The van der Waals surface area contributed by atoms with Gasteiger partial charge in [0.25, 0.3) is 0 Å². The average Bonchev–Trinajstić information content (AvgIpc) is 0.805. The molecule has 4 aromatic heterocycles. The van der Waals surface area contributed by atoms with Crippen LogP contribution in [0.25, 0.3) is 83.3 Å². The summed E-state index contributed by atoms with van der Waals surface area (Å²) in [7, 11) is 0. The van der Waals surface area contributed by atoms with Crippen LogP contribution in [0.5, 0.6) is 0 Å². The average molecular weight is 2290 g/mol. The number of hydrogen-bond donors (Lipinski definition) is 3. The standard InChI is InChI=1S/2C21H22N.C17H14N.C12H10N.C11H12O2.2C11H20O2.4Ir/c1-14(2)10-17-6-5-7-21-19(17)8-9-20(22-21)18-12-15(3)11-16(4)13-18;1-14(2)9-17-13-21(18-11-15(3)10-16(4)12-18)22-20-8-6-5-7-19(17)20;1-12-9-13(2)11-15(10-12)17-8-7-14-5-3-4-6-16(14)18-17;1-10-6-2-3-7-11(10)12-8-4-5-9-13-12;1-8(12)11(9(2)13)10-6-4-3-5-7-10;2*1-10(2,3)8(12)7-9(13)11(4,5)6;;;;/h5-9,11-12,14H,10H2,1-4H3;5-8,10-11,13-14H,9H2,1-4H3;3-10H,1-2H3;2-6,8-9H,1H3;3-7,12H,1-2H3;2*7,12H,1-6H3;;;;/q4*-1;;;;;;;. The van der Waals surface area contributed by atoms with Gasteiger partial charge in [-0.3, -0.25) is 29.3 Å². The van der Waals surface area contributed by atoms with E-state index in [1.807, 2.05) is 150 Å². The van der Waals surface area contributed by atoms with Crippen LogP contribution in [0.4, 0.5) is 0 Å². The van der Waals surface area contributed by atoms with Crippen LogP contribution >= 0.6 is 0 Å². The molecule has 0 saturated heterocycles. The Bertz CT molecular complexity index is 5220. The van der Waals surface area contributed by atoms with Crippen molar-refractivity contribution in [2.75, 3.05) is 0 Å². The number of aromatic nitrogens is 4. The van der Waals surface area contributed by atoms with Crippen molar-refractivity contribution in [2.24, 2.45) is 33.5 Å². The van der Waals surface area contributed by atoms with Crippen molar-refractivity contribution < 1.29 is 110 Å². The number of ketones is 3. The van der Waals surface area contributed by atoms with E-state index in [1.54, 1.807) is 18.3 Å². The van der Waals surface area contributed by atoms with Crippen LogP contribution < -0.4 is 0 Å². The third-order valence-electron chi connectivity index (χ3n) is 18.1. The normalized spacial score (nSPS) is 11.5. The number of rotatable bonds is 12. The summed E-state index contributed by atoms with van der Waals surface area (Å²) in [6, 6.07) is 81.1. The van der Waals surface area contributed by atoms with Gasteiger partial charge in [0, 0.05) is 131 Å². The number of hydrogen-bond acceptors (Lipinski definition) is 10. The molecule has 0 fully saturated rings.